The van der Waals surface area contributed by atoms with Crippen LogP contribution in [0.2, 0.25) is 0 Å². The molecule has 3 rings (SSSR count). The van der Waals surface area contributed by atoms with Gasteiger partial charge in [-0.1, -0.05) is 0 Å². The van der Waals surface area contributed by atoms with Gasteiger partial charge in [0.15, 0.2) is 11.5 Å². The van der Waals surface area contributed by atoms with Crippen molar-refractivity contribution in [2.45, 2.75) is 30.8 Å². The molecule has 2 heterocycles. The molecular formula is C10H15N7O5S. The smallest absolute Gasteiger partial charge is 0.333 e. The van der Waals surface area contributed by atoms with Gasteiger partial charge in [-0.15, -0.1) is 0 Å². The lowest BCUT2D eigenvalue weighted by molar-refractivity contribution is -0.0146. The monoisotopic (exact) mass is 345 g/mol. The van der Waals surface area contributed by atoms with Gasteiger partial charge in [-0.2, -0.15) is 18.4 Å². The SMILES string of the molecule is Nc1nc(N)c2ncn([C@@H]3C[C@@H](OS(N)(=O)=O)[C@@H](O)[C@H]3O)c2n1. The minimum Gasteiger partial charge on any atom is -0.388 e. The van der Waals surface area contributed by atoms with E-state index in [-0.39, 0.29) is 29.4 Å². The van der Waals surface area contributed by atoms with Gasteiger partial charge >= 0.3 is 10.3 Å². The van der Waals surface area contributed by atoms with Gasteiger partial charge < -0.3 is 26.2 Å². The minimum atomic E-state index is -4.27. The van der Waals surface area contributed by atoms with Gasteiger partial charge in [0.1, 0.15) is 23.8 Å². The third kappa shape index (κ3) is 2.79. The second-order valence-electron chi connectivity index (χ2n) is 5.20. The van der Waals surface area contributed by atoms with Crippen LogP contribution >= 0.6 is 0 Å². The average Bonchev–Trinajstić information content (AvgIpc) is 2.94. The Morgan fingerprint density at radius 2 is 1.96 bits per heavy atom. The highest BCUT2D eigenvalue weighted by atomic mass is 32.2. The Morgan fingerprint density at radius 3 is 2.61 bits per heavy atom. The normalized spacial score (nSPS) is 28.5. The highest BCUT2D eigenvalue weighted by molar-refractivity contribution is 7.84. The van der Waals surface area contributed by atoms with Gasteiger partial charge in [0.05, 0.1) is 12.4 Å². The van der Waals surface area contributed by atoms with E-state index in [4.69, 9.17) is 16.6 Å². The molecule has 4 atom stereocenters. The predicted octanol–water partition coefficient (Wildman–Crippen LogP) is -2.75. The number of nitrogens with zero attached hydrogens (tertiary/aromatic N) is 4. The number of anilines is 2. The third-order valence-corrected chi connectivity index (χ3v) is 4.19. The molecule has 2 aromatic heterocycles. The molecule has 8 N–H and O–H groups in total. The zero-order valence-electron chi connectivity index (χ0n) is 11.6. The number of aromatic nitrogens is 4. The number of imidazole rings is 1. The maximum Gasteiger partial charge on any atom is 0.333 e. The van der Waals surface area contributed by atoms with Crippen molar-refractivity contribution in [1.29, 1.82) is 0 Å². The summed E-state index contributed by atoms with van der Waals surface area (Å²) in [6, 6.07) is -0.754. The summed E-state index contributed by atoms with van der Waals surface area (Å²) in [5.41, 5.74) is 11.8. The summed E-state index contributed by atoms with van der Waals surface area (Å²) < 4.78 is 28.1. The van der Waals surface area contributed by atoms with E-state index < -0.39 is 34.7 Å². The molecule has 0 unspecified atom stereocenters. The Hall–Kier alpha value is -2.06. The van der Waals surface area contributed by atoms with Crippen LogP contribution in [0.15, 0.2) is 6.33 Å². The van der Waals surface area contributed by atoms with E-state index in [0.717, 1.165) is 0 Å². The van der Waals surface area contributed by atoms with E-state index in [2.05, 4.69) is 19.1 Å². The molecule has 23 heavy (non-hydrogen) atoms. The van der Waals surface area contributed by atoms with Crippen LogP contribution in [0, 0.1) is 0 Å². The summed E-state index contributed by atoms with van der Waals surface area (Å²) in [6.45, 7) is 0. The lowest BCUT2D eigenvalue weighted by atomic mass is 10.2. The molecule has 126 valence electrons. The van der Waals surface area contributed by atoms with Gasteiger partial charge in [0.25, 0.3) is 0 Å². The first-order valence-corrected chi connectivity index (χ1v) is 7.97. The second-order valence-corrected chi connectivity index (χ2v) is 6.38. The molecular weight excluding hydrogens is 330 g/mol. The lowest BCUT2D eigenvalue weighted by Gasteiger charge is -2.17. The topological polar surface area (TPSA) is 205 Å². The number of fused-ring (bicyclic) bond motifs is 1. The van der Waals surface area contributed by atoms with Crippen LogP contribution in [0.1, 0.15) is 12.5 Å². The molecule has 0 amide bonds. The van der Waals surface area contributed by atoms with E-state index in [1.165, 1.54) is 10.9 Å². The van der Waals surface area contributed by atoms with Crippen molar-refractivity contribution in [2.75, 3.05) is 11.5 Å². The number of hydrogen-bond acceptors (Lipinski definition) is 10. The van der Waals surface area contributed by atoms with Crippen LogP contribution in [0.3, 0.4) is 0 Å². The molecule has 1 aliphatic carbocycles. The Balaban J connectivity index is 1.99. The Kier molecular flexibility index (Phi) is 3.61. The summed E-state index contributed by atoms with van der Waals surface area (Å²) >= 11 is 0. The first-order valence-electron chi connectivity index (χ1n) is 6.50. The third-order valence-electron chi connectivity index (χ3n) is 3.68. The molecule has 0 radical (unpaired) electrons. The Bertz CT molecular complexity index is 853. The number of nitrogens with two attached hydrogens (primary N) is 3. The summed E-state index contributed by atoms with van der Waals surface area (Å²) in [7, 11) is -4.27. The van der Waals surface area contributed by atoms with E-state index >= 15 is 0 Å². The van der Waals surface area contributed by atoms with E-state index in [1.54, 1.807) is 0 Å². The number of hydrogen-bond donors (Lipinski definition) is 5. The highest BCUT2D eigenvalue weighted by Gasteiger charge is 2.45. The van der Waals surface area contributed by atoms with Gasteiger partial charge in [-0.05, 0) is 0 Å². The van der Waals surface area contributed by atoms with Gasteiger partial charge in [-0.3, -0.25) is 4.18 Å². The molecule has 0 aliphatic heterocycles. The van der Waals surface area contributed by atoms with Gasteiger partial charge in [0.2, 0.25) is 5.95 Å². The predicted molar refractivity (Wildman–Crippen MR) is 77.8 cm³/mol. The number of rotatable bonds is 3. The molecule has 0 spiro atoms. The zero-order chi connectivity index (χ0) is 16.9. The molecule has 0 bridgehead atoms. The van der Waals surface area contributed by atoms with E-state index in [1.807, 2.05) is 0 Å². The quantitative estimate of drug-likeness (QED) is 0.387. The minimum absolute atomic E-state index is 0.0337. The van der Waals surface area contributed by atoms with Crippen molar-refractivity contribution < 1.29 is 22.8 Å². The van der Waals surface area contributed by atoms with Crippen molar-refractivity contribution in [3.63, 3.8) is 0 Å². The van der Waals surface area contributed by atoms with Crippen LogP contribution in [0.4, 0.5) is 11.8 Å². The molecule has 1 aliphatic rings. The number of aliphatic hydroxyl groups is 2. The fourth-order valence-corrected chi connectivity index (χ4v) is 3.25. The summed E-state index contributed by atoms with van der Waals surface area (Å²) in [6.07, 6.45) is -2.66. The van der Waals surface area contributed by atoms with Gasteiger partial charge in [-0.25, -0.2) is 10.1 Å². The Morgan fingerprint density at radius 1 is 1.26 bits per heavy atom. The van der Waals surface area contributed by atoms with Crippen LogP contribution in [-0.2, 0) is 14.5 Å². The van der Waals surface area contributed by atoms with Crippen LogP contribution in [0.25, 0.3) is 11.2 Å². The van der Waals surface area contributed by atoms with Crippen molar-refractivity contribution in [2.24, 2.45) is 5.14 Å². The molecule has 1 fully saturated rings. The van der Waals surface area contributed by atoms with Gasteiger partial charge in [0, 0.05) is 6.42 Å². The fraction of sp³-hybridized carbons (Fsp3) is 0.500. The molecule has 1 saturated carbocycles. The molecule has 13 heteroatoms. The highest BCUT2D eigenvalue weighted by Crippen LogP contribution is 2.35. The summed E-state index contributed by atoms with van der Waals surface area (Å²) in [5.74, 6) is -0.0151. The molecule has 0 aromatic carbocycles. The largest absolute Gasteiger partial charge is 0.388 e. The van der Waals surface area contributed by atoms with Crippen molar-refractivity contribution in [3.8, 4) is 0 Å². The van der Waals surface area contributed by atoms with Crippen LogP contribution in [0.5, 0.6) is 0 Å². The van der Waals surface area contributed by atoms with E-state index in [0.29, 0.717) is 0 Å². The van der Waals surface area contributed by atoms with Crippen molar-refractivity contribution in [3.05, 3.63) is 6.33 Å². The fourth-order valence-electron chi connectivity index (χ4n) is 2.71. The standard InChI is InChI=1S/C10H15N7O5S/c11-8-5-9(16-10(12)15-8)17(2-14-5)3-1-4(7(19)6(3)18)22-23(13,20)21/h2-4,6-7,18-19H,1H2,(H2,13,20,21)(H4,11,12,15,16)/t3-,4-,6+,7-/m1/s1. The number of nitrogen functional groups attached to an aromatic ring is 2. The average molecular weight is 345 g/mol. The molecule has 0 saturated heterocycles. The molecule has 2 aromatic rings. The summed E-state index contributed by atoms with van der Waals surface area (Å²) in [4.78, 5) is 11.8. The zero-order valence-corrected chi connectivity index (χ0v) is 12.5. The van der Waals surface area contributed by atoms with E-state index in [9.17, 15) is 18.6 Å². The Labute approximate surface area is 130 Å². The van der Waals surface area contributed by atoms with Crippen molar-refractivity contribution >= 4 is 33.2 Å². The van der Waals surface area contributed by atoms with Crippen LogP contribution in [-0.4, -0.2) is 56.5 Å². The molecule has 12 nitrogen and oxygen atoms in total. The maximum absolute atomic E-state index is 11.0. The summed E-state index contributed by atoms with van der Waals surface area (Å²) in [5, 5.41) is 24.9. The van der Waals surface area contributed by atoms with Crippen molar-refractivity contribution in [1.82, 2.24) is 19.5 Å². The maximum atomic E-state index is 11.0. The van der Waals surface area contributed by atoms with Crippen LogP contribution < -0.4 is 16.6 Å². The first kappa shape index (κ1) is 15.8. The first-order chi connectivity index (χ1) is 10.7. The second kappa shape index (κ2) is 5.24. The lowest BCUT2D eigenvalue weighted by Crippen LogP contribution is -2.35. The number of aliphatic hydroxyl groups excluding tert-OH is 2.